The number of aromatic nitrogens is 1. The van der Waals surface area contributed by atoms with Crippen molar-refractivity contribution in [3.05, 3.63) is 42.5 Å². The van der Waals surface area contributed by atoms with Crippen molar-refractivity contribution in [2.24, 2.45) is 0 Å². The van der Waals surface area contributed by atoms with E-state index in [1.165, 1.54) is 18.3 Å². The average Bonchev–Trinajstić information content (AvgIpc) is 2.82. The Morgan fingerprint density at radius 1 is 1.33 bits per heavy atom. The zero-order chi connectivity index (χ0) is 13.0. The van der Waals surface area contributed by atoms with Gasteiger partial charge in [-0.15, -0.1) is 0 Å². The minimum absolute atomic E-state index is 0.0937. The lowest BCUT2D eigenvalue weighted by atomic mass is 10.3. The molecule has 0 spiro atoms. The summed E-state index contributed by atoms with van der Waals surface area (Å²) in [5, 5.41) is 0. The third-order valence-electron chi connectivity index (χ3n) is 2.31. The van der Waals surface area contributed by atoms with Crippen molar-refractivity contribution in [1.29, 1.82) is 0 Å². The van der Waals surface area contributed by atoms with Gasteiger partial charge in [-0.2, -0.15) is 0 Å². The van der Waals surface area contributed by atoms with Crippen LogP contribution >= 0.6 is 0 Å². The van der Waals surface area contributed by atoms with Gasteiger partial charge in [0.15, 0.2) is 0 Å². The number of nitrogens with two attached hydrogens (primary N) is 1. The normalized spacial score (nSPS) is 11.6. The van der Waals surface area contributed by atoms with Crippen molar-refractivity contribution < 1.29 is 12.8 Å². The largest absolute Gasteiger partial charge is 0.469 e. The topological polar surface area (TPSA) is 98.2 Å². The molecule has 2 heterocycles. The summed E-state index contributed by atoms with van der Waals surface area (Å²) in [4.78, 5) is 3.84. The molecule has 0 atom stereocenters. The van der Waals surface area contributed by atoms with Gasteiger partial charge in [0, 0.05) is 19.2 Å². The van der Waals surface area contributed by atoms with Crippen LogP contribution in [-0.4, -0.2) is 19.9 Å². The van der Waals surface area contributed by atoms with Crippen LogP contribution in [-0.2, 0) is 16.4 Å². The highest BCUT2D eigenvalue weighted by atomic mass is 32.2. The SMILES string of the molecule is Nc1ccc(S(=O)(=O)NCCc2ccco2)cn1. The highest BCUT2D eigenvalue weighted by molar-refractivity contribution is 7.89. The van der Waals surface area contributed by atoms with Crippen LogP contribution in [0.25, 0.3) is 0 Å². The first kappa shape index (κ1) is 12.6. The molecular formula is C11H13N3O3S. The molecule has 2 rings (SSSR count). The van der Waals surface area contributed by atoms with Gasteiger partial charge in [-0.3, -0.25) is 0 Å². The Hall–Kier alpha value is -1.86. The molecule has 3 N–H and O–H groups in total. The van der Waals surface area contributed by atoms with Crippen molar-refractivity contribution in [2.45, 2.75) is 11.3 Å². The van der Waals surface area contributed by atoms with Crippen LogP contribution in [0.5, 0.6) is 0 Å². The van der Waals surface area contributed by atoms with E-state index < -0.39 is 10.0 Å². The third kappa shape index (κ3) is 3.08. The van der Waals surface area contributed by atoms with E-state index >= 15 is 0 Å². The average molecular weight is 267 g/mol. The maximum Gasteiger partial charge on any atom is 0.242 e. The molecule has 0 radical (unpaired) electrons. The van der Waals surface area contributed by atoms with Gasteiger partial charge in [0.25, 0.3) is 0 Å². The fourth-order valence-electron chi connectivity index (χ4n) is 1.40. The van der Waals surface area contributed by atoms with Gasteiger partial charge in [-0.25, -0.2) is 18.1 Å². The van der Waals surface area contributed by atoms with Crippen LogP contribution in [0.1, 0.15) is 5.76 Å². The fourth-order valence-corrected chi connectivity index (χ4v) is 2.37. The second kappa shape index (κ2) is 5.19. The van der Waals surface area contributed by atoms with E-state index in [0.29, 0.717) is 6.42 Å². The number of nitrogen functional groups attached to an aromatic ring is 1. The van der Waals surface area contributed by atoms with Crippen molar-refractivity contribution >= 4 is 15.8 Å². The van der Waals surface area contributed by atoms with Crippen LogP contribution < -0.4 is 10.5 Å². The van der Waals surface area contributed by atoms with E-state index in [0.717, 1.165) is 5.76 Å². The summed E-state index contributed by atoms with van der Waals surface area (Å²) in [7, 11) is -3.54. The summed E-state index contributed by atoms with van der Waals surface area (Å²) >= 11 is 0. The van der Waals surface area contributed by atoms with E-state index in [9.17, 15) is 8.42 Å². The minimum atomic E-state index is -3.54. The smallest absolute Gasteiger partial charge is 0.242 e. The molecule has 0 fully saturated rings. The highest BCUT2D eigenvalue weighted by Crippen LogP contribution is 2.08. The summed E-state index contributed by atoms with van der Waals surface area (Å²) in [6.07, 6.45) is 3.27. The number of nitrogens with zero attached hydrogens (tertiary/aromatic N) is 1. The lowest BCUT2D eigenvalue weighted by molar-refractivity contribution is 0.506. The Morgan fingerprint density at radius 3 is 2.78 bits per heavy atom. The Morgan fingerprint density at radius 2 is 2.17 bits per heavy atom. The van der Waals surface area contributed by atoms with Crippen LogP contribution in [0.4, 0.5) is 5.82 Å². The number of hydrogen-bond acceptors (Lipinski definition) is 5. The van der Waals surface area contributed by atoms with E-state index in [1.54, 1.807) is 18.4 Å². The predicted octanol–water partition coefficient (Wildman–Crippen LogP) is 0.778. The first-order valence-electron chi connectivity index (χ1n) is 5.31. The second-order valence-corrected chi connectivity index (χ2v) is 5.41. The Labute approximate surface area is 105 Å². The fraction of sp³-hybridized carbons (Fsp3) is 0.182. The van der Waals surface area contributed by atoms with Gasteiger partial charge in [-0.1, -0.05) is 0 Å². The van der Waals surface area contributed by atoms with E-state index in [4.69, 9.17) is 10.2 Å². The lowest BCUT2D eigenvalue weighted by Gasteiger charge is -2.05. The highest BCUT2D eigenvalue weighted by Gasteiger charge is 2.13. The van der Waals surface area contributed by atoms with Gasteiger partial charge in [0.05, 0.1) is 6.26 Å². The maximum absolute atomic E-state index is 11.8. The summed E-state index contributed by atoms with van der Waals surface area (Å²) in [6, 6.07) is 6.41. The van der Waals surface area contributed by atoms with Gasteiger partial charge < -0.3 is 10.2 Å². The molecule has 0 saturated heterocycles. The summed E-state index contributed by atoms with van der Waals surface area (Å²) < 4.78 is 31.3. The van der Waals surface area contributed by atoms with Crippen LogP contribution in [0.3, 0.4) is 0 Å². The molecule has 0 aliphatic rings. The first-order chi connectivity index (χ1) is 8.58. The predicted molar refractivity (Wildman–Crippen MR) is 66.2 cm³/mol. The number of pyridine rings is 1. The molecule has 2 aromatic rings. The lowest BCUT2D eigenvalue weighted by Crippen LogP contribution is -2.26. The molecule has 18 heavy (non-hydrogen) atoms. The first-order valence-corrected chi connectivity index (χ1v) is 6.80. The Balaban J connectivity index is 1.97. The zero-order valence-corrected chi connectivity index (χ0v) is 10.4. The number of nitrogens with one attached hydrogen (secondary N) is 1. The molecule has 0 amide bonds. The van der Waals surface area contributed by atoms with Crippen molar-refractivity contribution in [2.75, 3.05) is 12.3 Å². The molecule has 0 saturated carbocycles. The molecular weight excluding hydrogens is 254 g/mol. The maximum atomic E-state index is 11.8. The standard InChI is InChI=1S/C11H13N3O3S/c12-11-4-3-10(8-13-11)18(15,16)14-6-5-9-2-1-7-17-9/h1-4,7-8,14H,5-6H2,(H2,12,13). The minimum Gasteiger partial charge on any atom is -0.469 e. The molecule has 0 aliphatic carbocycles. The van der Waals surface area contributed by atoms with Crippen LogP contribution in [0, 0.1) is 0 Å². The number of rotatable bonds is 5. The van der Waals surface area contributed by atoms with Crippen molar-refractivity contribution in [3.8, 4) is 0 Å². The van der Waals surface area contributed by atoms with Gasteiger partial charge >= 0.3 is 0 Å². The van der Waals surface area contributed by atoms with Gasteiger partial charge in [0.2, 0.25) is 10.0 Å². The molecule has 96 valence electrons. The summed E-state index contributed by atoms with van der Waals surface area (Å²) in [6.45, 7) is 0.264. The Kier molecular flexibility index (Phi) is 3.63. The molecule has 0 aliphatic heterocycles. The Bertz CT molecular complexity index is 591. The van der Waals surface area contributed by atoms with E-state index in [-0.39, 0.29) is 17.3 Å². The number of anilines is 1. The van der Waals surface area contributed by atoms with Crippen molar-refractivity contribution in [3.63, 3.8) is 0 Å². The second-order valence-electron chi connectivity index (χ2n) is 3.65. The number of sulfonamides is 1. The van der Waals surface area contributed by atoms with E-state index in [2.05, 4.69) is 9.71 Å². The van der Waals surface area contributed by atoms with Gasteiger partial charge in [-0.05, 0) is 24.3 Å². The summed E-state index contributed by atoms with van der Waals surface area (Å²) in [5.74, 6) is 1.01. The monoisotopic (exact) mass is 267 g/mol. The molecule has 2 aromatic heterocycles. The molecule has 0 bridgehead atoms. The van der Waals surface area contributed by atoms with E-state index in [1.807, 2.05) is 0 Å². The number of hydrogen-bond donors (Lipinski definition) is 2. The molecule has 7 heteroatoms. The molecule has 0 aromatic carbocycles. The zero-order valence-electron chi connectivity index (χ0n) is 9.54. The van der Waals surface area contributed by atoms with Crippen LogP contribution in [0.2, 0.25) is 0 Å². The van der Waals surface area contributed by atoms with Crippen molar-refractivity contribution in [1.82, 2.24) is 9.71 Å². The number of furan rings is 1. The van der Waals surface area contributed by atoms with Gasteiger partial charge in [0.1, 0.15) is 16.5 Å². The third-order valence-corrected chi connectivity index (χ3v) is 3.76. The van der Waals surface area contributed by atoms with Crippen LogP contribution in [0.15, 0.2) is 46.0 Å². The molecule has 0 unspecified atom stereocenters. The quantitative estimate of drug-likeness (QED) is 0.834. The summed E-state index contributed by atoms with van der Waals surface area (Å²) in [5.41, 5.74) is 5.40. The molecule has 6 nitrogen and oxygen atoms in total.